The third-order valence-electron chi connectivity index (χ3n) is 2.29. The average molecular weight is 205 g/mol. The summed E-state index contributed by atoms with van der Waals surface area (Å²) in [5.41, 5.74) is 1.01. The lowest BCUT2D eigenvalue weighted by Crippen LogP contribution is -1.99. The van der Waals surface area contributed by atoms with E-state index in [1.807, 2.05) is 42.0 Å². The van der Waals surface area contributed by atoms with Crippen LogP contribution in [0.4, 0.5) is 0 Å². The fourth-order valence-corrected chi connectivity index (χ4v) is 1.69. The molecule has 2 nitrogen and oxygen atoms in total. The summed E-state index contributed by atoms with van der Waals surface area (Å²) in [5, 5.41) is 10.6. The van der Waals surface area contributed by atoms with E-state index in [4.69, 9.17) is 16.9 Å². The normalized spacial score (nSPS) is 12.6. The maximum atomic E-state index is 8.83. The highest BCUT2D eigenvalue weighted by Crippen LogP contribution is 2.23. The lowest BCUT2D eigenvalue weighted by atomic mass is 10.2. The predicted molar refractivity (Wildman–Crippen MR) is 57.3 cm³/mol. The van der Waals surface area contributed by atoms with Gasteiger partial charge in [-0.15, -0.1) is 0 Å². The Morgan fingerprint density at radius 3 is 2.93 bits per heavy atom. The van der Waals surface area contributed by atoms with Crippen LogP contribution in [-0.4, -0.2) is 4.57 Å². The zero-order chi connectivity index (χ0) is 10.1. The lowest BCUT2D eigenvalue weighted by Gasteiger charge is -2.06. The van der Waals surface area contributed by atoms with Crippen LogP contribution in [0, 0.1) is 11.3 Å². The van der Waals surface area contributed by atoms with Crippen LogP contribution in [0.2, 0.25) is 5.02 Å². The van der Waals surface area contributed by atoms with Gasteiger partial charge in [0.2, 0.25) is 0 Å². The maximum absolute atomic E-state index is 8.83. The number of aromatic nitrogens is 1. The summed E-state index contributed by atoms with van der Waals surface area (Å²) in [7, 11) is 0. The Balaban J connectivity index is 2.68. The highest BCUT2D eigenvalue weighted by molar-refractivity contribution is 6.31. The van der Waals surface area contributed by atoms with Crippen molar-refractivity contribution in [2.45, 2.75) is 13.0 Å². The summed E-state index contributed by atoms with van der Waals surface area (Å²) in [6.07, 6.45) is 1.91. The molecule has 3 heteroatoms. The molecule has 14 heavy (non-hydrogen) atoms. The number of halogens is 1. The molecule has 70 valence electrons. The Labute approximate surface area is 87.3 Å². The fourth-order valence-electron chi connectivity index (χ4n) is 1.52. The van der Waals surface area contributed by atoms with Crippen molar-refractivity contribution in [2.24, 2.45) is 0 Å². The van der Waals surface area contributed by atoms with Gasteiger partial charge in [-0.3, -0.25) is 0 Å². The van der Waals surface area contributed by atoms with Gasteiger partial charge in [0, 0.05) is 11.2 Å². The number of hydrogen-bond acceptors (Lipinski definition) is 1. The minimum Gasteiger partial charge on any atom is -0.331 e. The third-order valence-corrected chi connectivity index (χ3v) is 2.52. The molecule has 1 heterocycles. The Kier molecular flexibility index (Phi) is 2.18. The molecule has 0 saturated carbocycles. The van der Waals surface area contributed by atoms with Gasteiger partial charge in [-0.05, 0) is 30.5 Å². The van der Waals surface area contributed by atoms with Crippen molar-refractivity contribution in [1.82, 2.24) is 4.57 Å². The third kappa shape index (κ3) is 1.36. The topological polar surface area (TPSA) is 28.7 Å². The summed E-state index contributed by atoms with van der Waals surface area (Å²) in [6.45, 7) is 1.86. The summed E-state index contributed by atoms with van der Waals surface area (Å²) in [5.74, 6) is 0. The molecular weight excluding hydrogens is 196 g/mol. The van der Waals surface area contributed by atoms with E-state index < -0.39 is 0 Å². The van der Waals surface area contributed by atoms with Crippen LogP contribution in [0.1, 0.15) is 13.0 Å². The van der Waals surface area contributed by atoms with E-state index in [1.165, 1.54) is 0 Å². The highest BCUT2D eigenvalue weighted by atomic mass is 35.5. The van der Waals surface area contributed by atoms with Gasteiger partial charge in [-0.25, -0.2) is 0 Å². The first kappa shape index (κ1) is 9.11. The average Bonchev–Trinajstić information content (AvgIpc) is 2.59. The molecule has 0 N–H and O–H groups in total. The molecule has 2 rings (SSSR count). The van der Waals surface area contributed by atoms with Crippen molar-refractivity contribution in [3.63, 3.8) is 0 Å². The smallest absolute Gasteiger partial charge is 0.118 e. The molecule has 0 radical (unpaired) electrons. The number of rotatable bonds is 1. The molecule has 0 amide bonds. The molecule has 0 spiro atoms. The van der Waals surface area contributed by atoms with E-state index in [1.54, 1.807) is 0 Å². The van der Waals surface area contributed by atoms with Crippen LogP contribution in [0.15, 0.2) is 30.5 Å². The highest BCUT2D eigenvalue weighted by Gasteiger charge is 2.06. The molecule has 0 saturated heterocycles. The quantitative estimate of drug-likeness (QED) is 0.700. The van der Waals surface area contributed by atoms with Crippen LogP contribution in [-0.2, 0) is 0 Å². The second-order valence-electron chi connectivity index (χ2n) is 3.23. The Morgan fingerprint density at radius 1 is 1.43 bits per heavy atom. The van der Waals surface area contributed by atoms with Gasteiger partial charge in [-0.1, -0.05) is 17.7 Å². The van der Waals surface area contributed by atoms with Gasteiger partial charge in [0.25, 0.3) is 0 Å². The molecule has 0 aliphatic rings. The first-order valence-electron chi connectivity index (χ1n) is 4.38. The van der Waals surface area contributed by atoms with Crippen molar-refractivity contribution in [1.29, 1.82) is 5.26 Å². The van der Waals surface area contributed by atoms with Gasteiger partial charge in [-0.2, -0.15) is 5.26 Å². The van der Waals surface area contributed by atoms with E-state index in [0.29, 0.717) is 5.02 Å². The first-order valence-corrected chi connectivity index (χ1v) is 4.76. The van der Waals surface area contributed by atoms with Gasteiger partial charge in [0.1, 0.15) is 6.04 Å². The number of hydrogen-bond donors (Lipinski definition) is 0. The summed E-state index contributed by atoms with van der Waals surface area (Å²) in [4.78, 5) is 0. The second-order valence-corrected chi connectivity index (χ2v) is 3.67. The summed E-state index contributed by atoms with van der Waals surface area (Å²) < 4.78 is 1.92. The molecule has 0 aliphatic heterocycles. The standard InChI is InChI=1S/C11H9ClN2/c1-8(7-13)14-5-4-9-2-3-10(12)6-11(9)14/h2-6,8H,1H3. The summed E-state index contributed by atoms with van der Waals surface area (Å²) in [6, 6.07) is 9.71. The van der Waals surface area contributed by atoms with E-state index in [-0.39, 0.29) is 6.04 Å². The molecular formula is C11H9ClN2. The SMILES string of the molecule is CC(C#N)n1ccc2ccc(Cl)cc21. The predicted octanol–water partition coefficient (Wildman–Crippen LogP) is 3.38. The Hall–Kier alpha value is -1.46. The number of nitriles is 1. The van der Waals surface area contributed by atoms with Gasteiger partial charge in [0.05, 0.1) is 11.6 Å². The van der Waals surface area contributed by atoms with Crippen LogP contribution >= 0.6 is 11.6 Å². The minimum absolute atomic E-state index is 0.161. The van der Waals surface area contributed by atoms with Crippen molar-refractivity contribution in [2.75, 3.05) is 0 Å². The van der Waals surface area contributed by atoms with Crippen molar-refractivity contribution in [3.05, 3.63) is 35.5 Å². The van der Waals surface area contributed by atoms with E-state index in [2.05, 4.69) is 6.07 Å². The van der Waals surface area contributed by atoms with Crippen molar-refractivity contribution < 1.29 is 0 Å². The second kappa shape index (κ2) is 3.36. The number of nitrogens with zero attached hydrogens (tertiary/aromatic N) is 2. The van der Waals surface area contributed by atoms with Crippen molar-refractivity contribution >= 4 is 22.5 Å². The largest absolute Gasteiger partial charge is 0.331 e. The molecule has 1 aromatic heterocycles. The van der Waals surface area contributed by atoms with Gasteiger partial charge >= 0.3 is 0 Å². The van der Waals surface area contributed by atoms with E-state index >= 15 is 0 Å². The molecule has 1 atom stereocenters. The molecule has 1 aromatic carbocycles. The van der Waals surface area contributed by atoms with Crippen molar-refractivity contribution in [3.8, 4) is 6.07 Å². The van der Waals surface area contributed by atoms with E-state index in [0.717, 1.165) is 10.9 Å². The van der Waals surface area contributed by atoms with E-state index in [9.17, 15) is 0 Å². The molecule has 0 fully saturated rings. The van der Waals surface area contributed by atoms with Crippen LogP contribution in [0.3, 0.4) is 0 Å². The van der Waals surface area contributed by atoms with Gasteiger partial charge < -0.3 is 4.57 Å². The Morgan fingerprint density at radius 2 is 2.21 bits per heavy atom. The number of benzene rings is 1. The molecule has 2 aromatic rings. The zero-order valence-corrected chi connectivity index (χ0v) is 8.49. The zero-order valence-electron chi connectivity index (χ0n) is 7.74. The van der Waals surface area contributed by atoms with Crippen LogP contribution in [0.5, 0.6) is 0 Å². The lowest BCUT2D eigenvalue weighted by molar-refractivity contribution is 0.701. The minimum atomic E-state index is -0.161. The first-order chi connectivity index (χ1) is 6.72. The Bertz CT molecular complexity index is 507. The monoisotopic (exact) mass is 204 g/mol. The van der Waals surface area contributed by atoms with Crippen LogP contribution < -0.4 is 0 Å². The molecule has 1 unspecified atom stereocenters. The molecule has 0 aliphatic carbocycles. The summed E-state index contributed by atoms with van der Waals surface area (Å²) >= 11 is 5.90. The van der Waals surface area contributed by atoms with Gasteiger partial charge in [0.15, 0.2) is 0 Å². The number of fused-ring (bicyclic) bond motifs is 1. The maximum Gasteiger partial charge on any atom is 0.118 e. The fraction of sp³-hybridized carbons (Fsp3) is 0.182. The van der Waals surface area contributed by atoms with Crippen LogP contribution in [0.25, 0.3) is 10.9 Å². The molecule has 0 bridgehead atoms.